The number of rotatable bonds is 8. The molecule has 0 aliphatic heterocycles. The van der Waals surface area contributed by atoms with Gasteiger partial charge in [-0.1, -0.05) is 65.3 Å². The molecule has 31 heavy (non-hydrogen) atoms. The van der Waals surface area contributed by atoms with Gasteiger partial charge < -0.3 is 19.7 Å². The highest BCUT2D eigenvalue weighted by atomic mass is 16.5. The predicted molar refractivity (Wildman–Crippen MR) is 137 cm³/mol. The van der Waals surface area contributed by atoms with Gasteiger partial charge in [-0.15, -0.1) is 0 Å². The van der Waals surface area contributed by atoms with E-state index in [9.17, 15) is 14.4 Å². The molecule has 7 nitrogen and oxygen atoms in total. The van der Waals surface area contributed by atoms with Crippen molar-refractivity contribution in [2.45, 2.75) is 143 Å². The summed E-state index contributed by atoms with van der Waals surface area (Å²) in [7, 11) is 0. The van der Waals surface area contributed by atoms with Crippen LogP contribution in [0.3, 0.4) is 0 Å². The first-order valence-electron chi connectivity index (χ1n) is 8.76. The van der Waals surface area contributed by atoms with Crippen molar-refractivity contribution in [3.05, 3.63) is 0 Å². The zero-order valence-electron chi connectivity index (χ0n) is 16.7. The Hall–Kier alpha value is -1.63. The molecule has 0 aromatic heterocycles. The van der Waals surface area contributed by atoms with Crippen molar-refractivity contribution in [1.82, 2.24) is 0 Å². The second-order valence-corrected chi connectivity index (χ2v) is 5.69. The van der Waals surface area contributed by atoms with E-state index in [-0.39, 0.29) is 81.7 Å². The number of carbonyl (C=O) groups is 3. The van der Waals surface area contributed by atoms with Crippen LogP contribution in [0, 0.1) is 0 Å². The molecule has 0 spiro atoms. The highest BCUT2D eigenvalue weighted by Gasteiger charge is 2.09. The average molecular weight is 461 g/mol. The molecule has 7 heteroatoms. The smallest absolute Gasteiger partial charge is 0.306 e. The number of esters is 2. The summed E-state index contributed by atoms with van der Waals surface area (Å²) in [5, 5.41) is 16.6. The summed E-state index contributed by atoms with van der Waals surface area (Å²) in [5.74, 6) is -1.61. The van der Waals surface area contributed by atoms with Gasteiger partial charge in [-0.3, -0.25) is 14.4 Å². The molecule has 0 aromatic rings. The summed E-state index contributed by atoms with van der Waals surface area (Å²) in [6.45, 7) is 12.7. The largest absolute Gasteiger partial charge is 0.481 e. The van der Waals surface area contributed by atoms with Gasteiger partial charge in [-0.25, -0.2) is 0 Å². The molecule has 0 aliphatic carbocycles. The molecule has 0 bridgehead atoms. The van der Waals surface area contributed by atoms with Gasteiger partial charge in [0.1, 0.15) is 0 Å². The summed E-state index contributed by atoms with van der Waals surface area (Å²) in [6.07, 6.45) is 2.14. The Balaban J connectivity index is -0.0000000326. The standard InChI is InChI=1S/C8H14O4.C6H12O2.C4H10O.6CH4/c1-3-6(2)12-8(11)5-4-7(9)10;1-4-5(2)8-6(3)7;1-3-4(2)5;;;;;;/h6H,3-5H2,1-2H3,(H,9,10);5H,4H2,1-3H3;4-5H,3H2,1-2H3;6*1H4. The lowest BCUT2D eigenvalue weighted by Crippen LogP contribution is -2.14. The number of hydrogen-bond donors (Lipinski definition) is 2. The molecule has 0 saturated carbocycles. The Morgan fingerprint density at radius 1 is 0.710 bits per heavy atom. The van der Waals surface area contributed by atoms with Crippen molar-refractivity contribution < 1.29 is 34.1 Å². The molecule has 0 amide bonds. The SMILES string of the molecule is C.C.C.C.C.C.CCC(C)O.CCC(C)OC(=O)CCC(=O)O.CCC(C)OC(C)=O. The van der Waals surface area contributed by atoms with E-state index < -0.39 is 11.9 Å². The Morgan fingerprint density at radius 3 is 1.23 bits per heavy atom. The summed E-state index contributed by atoms with van der Waals surface area (Å²) >= 11 is 0. The number of carbonyl (C=O) groups excluding carboxylic acids is 2. The zero-order chi connectivity index (χ0) is 20.4. The van der Waals surface area contributed by atoms with Crippen LogP contribution in [0.5, 0.6) is 0 Å². The maximum atomic E-state index is 10.8. The van der Waals surface area contributed by atoms with Crippen molar-refractivity contribution in [1.29, 1.82) is 0 Å². The van der Waals surface area contributed by atoms with Gasteiger partial charge in [0, 0.05) is 6.92 Å². The third-order valence-electron chi connectivity index (χ3n) is 2.98. The Bertz CT molecular complexity index is 356. The second kappa shape index (κ2) is 38.9. The van der Waals surface area contributed by atoms with Gasteiger partial charge in [-0.2, -0.15) is 0 Å². The van der Waals surface area contributed by atoms with Crippen molar-refractivity contribution in [3.8, 4) is 0 Å². The first kappa shape index (κ1) is 57.0. The lowest BCUT2D eigenvalue weighted by atomic mass is 10.3. The van der Waals surface area contributed by atoms with Crippen LogP contribution in [-0.4, -0.2) is 46.4 Å². The van der Waals surface area contributed by atoms with Gasteiger partial charge in [0.2, 0.25) is 0 Å². The fraction of sp³-hybridized carbons (Fsp3) is 0.875. The molecule has 0 rings (SSSR count). The molecule has 0 aromatic carbocycles. The lowest BCUT2D eigenvalue weighted by Gasteiger charge is -2.09. The van der Waals surface area contributed by atoms with Crippen LogP contribution in [0.25, 0.3) is 0 Å². The van der Waals surface area contributed by atoms with E-state index in [1.807, 2.05) is 27.7 Å². The molecular formula is C24H60O7. The normalized spacial score (nSPS) is 10.5. The Morgan fingerprint density at radius 2 is 1.03 bits per heavy atom. The minimum atomic E-state index is -0.976. The van der Waals surface area contributed by atoms with E-state index in [4.69, 9.17) is 19.7 Å². The molecular weight excluding hydrogens is 400 g/mol. The molecule has 0 saturated heterocycles. The van der Waals surface area contributed by atoms with E-state index in [1.165, 1.54) is 6.92 Å². The van der Waals surface area contributed by atoms with Crippen LogP contribution in [0.15, 0.2) is 0 Å². The topological polar surface area (TPSA) is 110 Å². The van der Waals surface area contributed by atoms with Crippen LogP contribution in [0.2, 0.25) is 0 Å². The lowest BCUT2D eigenvalue weighted by molar-refractivity contribution is -0.151. The van der Waals surface area contributed by atoms with E-state index in [2.05, 4.69) is 0 Å². The Kier molecular flexibility index (Phi) is 71.5. The van der Waals surface area contributed by atoms with Crippen LogP contribution in [0.4, 0.5) is 0 Å². The van der Waals surface area contributed by atoms with E-state index >= 15 is 0 Å². The third-order valence-corrected chi connectivity index (χ3v) is 2.98. The van der Waals surface area contributed by atoms with E-state index in [0.29, 0.717) is 0 Å². The molecule has 0 aliphatic rings. The van der Waals surface area contributed by atoms with E-state index in [1.54, 1.807) is 13.8 Å². The molecule has 0 heterocycles. The number of carboxylic acid groups (broad SMARTS) is 1. The second-order valence-electron chi connectivity index (χ2n) is 5.69. The van der Waals surface area contributed by atoms with Crippen molar-refractivity contribution in [3.63, 3.8) is 0 Å². The number of aliphatic hydroxyl groups is 1. The Labute approximate surface area is 195 Å². The summed E-state index contributed by atoms with van der Waals surface area (Å²) in [5.41, 5.74) is 0. The number of hydrogen-bond acceptors (Lipinski definition) is 6. The van der Waals surface area contributed by atoms with Gasteiger partial charge in [0.05, 0.1) is 31.2 Å². The first-order chi connectivity index (χ1) is 11.5. The summed E-state index contributed by atoms with van der Waals surface area (Å²) in [6, 6.07) is 0. The van der Waals surface area contributed by atoms with E-state index in [0.717, 1.165) is 19.3 Å². The molecule has 2 N–H and O–H groups in total. The van der Waals surface area contributed by atoms with Crippen LogP contribution >= 0.6 is 0 Å². The molecule has 0 fully saturated rings. The summed E-state index contributed by atoms with van der Waals surface area (Å²) < 4.78 is 9.61. The summed E-state index contributed by atoms with van der Waals surface area (Å²) in [4.78, 5) is 31.1. The van der Waals surface area contributed by atoms with Crippen molar-refractivity contribution in [2.75, 3.05) is 0 Å². The highest BCUT2D eigenvalue weighted by Crippen LogP contribution is 2.00. The fourth-order valence-electron chi connectivity index (χ4n) is 0.942. The van der Waals surface area contributed by atoms with Crippen LogP contribution < -0.4 is 0 Å². The molecule has 198 valence electrons. The van der Waals surface area contributed by atoms with Crippen molar-refractivity contribution >= 4 is 17.9 Å². The molecule has 3 atom stereocenters. The fourth-order valence-corrected chi connectivity index (χ4v) is 0.942. The quantitative estimate of drug-likeness (QED) is 0.370. The zero-order valence-corrected chi connectivity index (χ0v) is 16.7. The van der Waals surface area contributed by atoms with Crippen LogP contribution in [-0.2, 0) is 23.9 Å². The first-order valence-corrected chi connectivity index (χ1v) is 8.76. The minimum absolute atomic E-state index is 0. The van der Waals surface area contributed by atoms with Gasteiger partial charge in [0.25, 0.3) is 0 Å². The number of aliphatic hydroxyl groups excluding tert-OH is 1. The van der Waals surface area contributed by atoms with Gasteiger partial charge >= 0.3 is 17.9 Å². The maximum Gasteiger partial charge on any atom is 0.306 e. The molecule has 0 radical (unpaired) electrons. The highest BCUT2D eigenvalue weighted by molar-refractivity contribution is 5.76. The predicted octanol–water partition coefficient (Wildman–Crippen LogP) is 7.13. The van der Waals surface area contributed by atoms with Crippen molar-refractivity contribution in [2.24, 2.45) is 0 Å². The number of carboxylic acids is 1. The van der Waals surface area contributed by atoms with Gasteiger partial charge in [0.15, 0.2) is 0 Å². The number of aliphatic carboxylic acids is 1. The number of ether oxygens (including phenoxy) is 2. The monoisotopic (exact) mass is 460 g/mol. The molecule has 3 unspecified atom stereocenters. The minimum Gasteiger partial charge on any atom is -0.481 e. The van der Waals surface area contributed by atoms with Crippen LogP contribution in [0.1, 0.15) is 125 Å². The van der Waals surface area contributed by atoms with Gasteiger partial charge in [-0.05, 0) is 40.0 Å². The third kappa shape index (κ3) is 65.4. The maximum absolute atomic E-state index is 10.8. The average Bonchev–Trinajstić information content (AvgIpc) is 2.53.